The van der Waals surface area contributed by atoms with E-state index < -0.39 is 23.1 Å². The van der Waals surface area contributed by atoms with Crippen molar-refractivity contribution in [3.63, 3.8) is 0 Å². The largest absolute Gasteiger partial charge is 0.417 e. The van der Waals surface area contributed by atoms with Crippen LogP contribution in [-0.2, 0) is 6.18 Å². The van der Waals surface area contributed by atoms with Crippen molar-refractivity contribution in [3.05, 3.63) is 33.8 Å². The van der Waals surface area contributed by atoms with Crippen LogP contribution in [0.5, 0.6) is 0 Å². The van der Waals surface area contributed by atoms with E-state index in [9.17, 15) is 18.0 Å². The Morgan fingerprint density at radius 3 is 2.45 bits per heavy atom. The molecule has 0 aromatic heterocycles. The number of carbonyl (C=O) groups is 1. The second-order valence-corrected chi connectivity index (χ2v) is 6.05. The number of amides is 1. The van der Waals surface area contributed by atoms with Gasteiger partial charge in [-0.05, 0) is 18.2 Å². The standard InChI is InChI=1S/C13H15BrF3NO2/c1-12(2,7-19)6-18-11(20)8-3-4-10(14)9(5-8)13(15,16)17/h3-5,19H,6-7H2,1-2H3,(H,18,20). The maximum Gasteiger partial charge on any atom is 0.417 e. The minimum atomic E-state index is -4.53. The van der Waals surface area contributed by atoms with Gasteiger partial charge >= 0.3 is 6.18 Å². The molecule has 20 heavy (non-hydrogen) atoms. The minimum Gasteiger partial charge on any atom is -0.396 e. The van der Waals surface area contributed by atoms with E-state index in [1.54, 1.807) is 13.8 Å². The Balaban J connectivity index is 2.90. The highest BCUT2D eigenvalue weighted by Crippen LogP contribution is 2.35. The summed E-state index contributed by atoms with van der Waals surface area (Å²) in [5, 5.41) is 11.6. The van der Waals surface area contributed by atoms with Gasteiger partial charge in [0.15, 0.2) is 0 Å². The second kappa shape index (κ2) is 6.13. The van der Waals surface area contributed by atoms with E-state index in [0.717, 1.165) is 6.07 Å². The van der Waals surface area contributed by atoms with Crippen LogP contribution in [0.2, 0.25) is 0 Å². The fourth-order valence-electron chi connectivity index (χ4n) is 1.36. The van der Waals surface area contributed by atoms with Crippen molar-refractivity contribution >= 4 is 21.8 Å². The Hall–Kier alpha value is -1.08. The quantitative estimate of drug-likeness (QED) is 0.873. The lowest BCUT2D eigenvalue weighted by Gasteiger charge is -2.22. The molecule has 112 valence electrons. The molecular weight excluding hydrogens is 339 g/mol. The van der Waals surface area contributed by atoms with Crippen molar-refractivity contribution in [3.8, 4) is 0 Å². The van der Waals surface area contributed by atoms with Gasteiger partial charge in [0.2, 0.25) is 0 Å². The van der Waals surface area contributed by atoms with Crippen LogP contribution in [0, 0.1) is 5.41 Å². The number of hydrogen-bond acceptors (Lipinski definition) is 2. The number of aliphatic hydroxyl groups excluding tert-OH is 1. The van der Waals surface area contributed by atoms with Crippen LogP contribution in [0.3, 0.4) is 0 Å². The van der Waals surface area contributed by atoms with E-state index in [2.05, 4.69) is 21.2 Å². The van der Waals surface area contributed by atoms with Gasteiger partial charge in [0.05, 0.1) is 5.56 Å². The van der Waals surface area contributed by atoms with Gasteiger partial charge in [-0.2, -0.15) is 13.2 Å². The summed E-state index contributed by atoms with van der Waals surface area (Å²) >= 11 is 2.81. The molecule has 0 fully saturated rings. The lowest BCUT2D eigenvalue weighted by Crippen LogP contribution is -2.36. The van der Waals surface area contributed by atoms with Crippen LogP contribution >= 0.6 is 15.9 Å². The van der Waals surface area contributed by atoms with Gasteiger partial charge in [-0.25, -0.2) is 0 Å². The molecule has 1 amide bonds. The average Bonchev–Trinajstić information content (AvgIpc) is 2.35. The molecule has 0 bridgehead atoms. The molecule has 0 radical (unpaired) electrons. The predicted octanol–water partition coefficient (Wildman–Crippen LogP) is 3.22. The summed E-state index contributed by atoms with van der Waals surface area (Å²) in [5.74, 6) is -0.607. The van der Waals surface area contributed by atoms with Gasteiger partial charge < -0.3 is 10.4 Å². The van der Waals surface area contributed by atoms with E-state index in [4.69, 9.17) is 5.11 Å². The van der Waals surface area contributed by atoms with E-state index in [-0.39, 0.29) is 23.2 Å². The van der Waals surface area contributed by atoms with E-state index in [1.807, 2.05) is 0 Å². The van der Waals surface area contributed by atoms with Crippen LogP contribution in [0.1, 0.15) is 29.8 Å². The van der Waals surface area contributed by atoms with Crippen molar-refractivity contribution in [1.82, 2.24) is 5.32 Å². The summed E-state index contributed by atoms with van der Waals surface area (Å²) in [4.78, 5) is 11.8. The zero-order valence-electron chi connectivity index (χ0n) is 11.0. The molecule has 2 N–H and O–H groups in total. The maximum atomic E-state index is 12.7. The number of aliphatic hydroxyl groups is 1. The molecule has 0 aliphatic heterocycles. The van der Waals surface area contributed by atoms with Gasteiger partial charge in [0.1, 0.15) is 0 Å². The topological polar surface area (TPSA) is 49.3 Å². The Kier molecular flexibility index (Phi) is 5.21. The number of halogens is 4. The minimum absolute atomic E-state index is 0.0748. The summed E-state index contributed by atoms with van der Waals surface area (Å²) in [7, 11) is 0. The van der Waals surface area contributed by atoms with Crippen LogP contribution in [0.15, 0.2) is 22.7 Å². The van der Waals surface area contributed by atoms with Crippen LogP contribution < -0.4 is 5.32 Å². The highest BCUT2D eigenvalue weighted by Gasteiger charge is 2.33. The fourth-order valence-corrected chi connectivity index (χ4v) is 1.83. The van der Waals surface area contributed by atoms with Crippen molar-refractivity contribution in [2.24, 2.45) is 5.41 Å². The van der Waals surface area contributed by atoms with Crippen LogP contribution in [-0.4, -0.2) is 24.2 Å². The third-order valence-electron chi connectivity index (χ3n) is 2.69. The third-order valence-corrected chi connectivity index (χ3v) is 3.38. The summed E-state index contributed by atoms with van der Waals surface area (Å²) in [6.07, 6.45) is -4.53. The summed E-state index contributed by atoms with van der Waals surface area (Å²) in [6.45, 7) is 3.49. The number of carbonyl (C=O) groups excluding carboxylic acids is 1. The number of hydrogen-bond donors (Lipinski definition) is 2. The van der Waals surface area contributed by atoms with Crippen molar-refractivity contribution in [1.29, 1.82) is 0 Å². The van der Waals surface area contributed by atoms with Gasteiger partial charge in [0.25, 0.3) is 5.91 Å². The number of benzene rings is 1. The zero-order chi connectivity index (χ0) is 15.6. The Labute approximate surface area is 123 Å². The lowest BCUT2D eigenvalue weighted by molar-refractivity contribution is -0.138. The van der Waals surface area contributed by atoms with E-state index in [1.165, 1.54) is 12.1 Å². The number of rotatable bonds is 4. The molecule has 0 saturated carbocycles. The maximum absolute atomic E-state index is 12.7. The molecule has 0 saturated heterocycles. The number of nitrogens with one attached hydrogen (secondary N) is 1. The molecule has 0 aliphatic rings. The molecule has 7 heteroatoms. The average molecular weight is 354 g/mol. The van der Waals surface area contributed by atoms with Gasteiger partial charge in [0, 0.05) is 28.6 Å². The monoisotopic (exact) mass is 353 g/mol. The van der Waals surface area contributed by atoms with Crippen LogP contribution in [0.4, 0.5) is 13.2 Å². The fraction of sp³-hybridized carbons (Fsp3) is 0.462. The van der Waals surface area contributed by atoms with E-state index in [0.29, 0.717) is 0 Å². The molecule has 1 aromatic carbocycles. The molecule has 3 nitrogen and oxygen atoms in total. The lowest BCUT2D eigenvalue weighted by atomic mass is 9.95. The second-order valence-electron chi connectivity index (χ2n) is 5.20. The molecular formula is C13H15BrF3NO2. The summed E-state index contributed by atoms with van der Waals surface area (Å²) in [6, 6.07) is 3.29. The highest BCUT2D eigenvalue weighted by molar-refractivity contribution is 9.10. The third kappa shape index (κ3) is 4.49. The van der Waals surface area contributed by atoms with Gasteiger partial charge in [-0.1, -0.05) is 29.8 Å². The SMILES string of the molecule is CC(C)(CO)CNC(=O)c1ccc(Br)c(C(F)(F)F)c1. The normalized spacial score (nSPS) is 12.3. The Morgan fingerprint density at radius 2 is 1.95 bits per heavy atom. The molecule has 1 aromatic rings. The summed E-state index contributed by atoms with van der Waals surface area (Å²) < 4.78 is 38.1. The first-order valence-corrected chi connectivity index (χ1v) is 6.62. The smallest absolute Gasteiger partial charge is 0.396 e. The first-order valence-electron chi connectivity index (χ1n) is 5.82. The first-order chi connectivity index (χ1) is 9.07. The first kappa shape index (κ1) is 17.0. The van der Waals surface area contributed by atoms with Gasteiger partial charge in [-0.15, -0.1) is 0 Å². The Morgan fingerprint density at radius 1 is 1.35 bits per heavy atom. The van der Waals surface area contributed by atoms with Crippen LogP contribution in [0.25, 0.3) is 0 Å². The van der Waals surface area contributed by atoms with E-state index >= 15 is 0 Å². The molecule has 1 rings (SSSR count). The molecule has 0 heterocycles. The van der Waals surface area contributed by atoms with Crippen molar-refractivity contribution in [2.75, 3.05) is 13.2 Å². The molecule has 0 spiro atoms. The summed E-state index contributed by atoms with van der Waals surface area (Å²) in [5.41, 5.74) is -1.50. The number of alkyl halides is 3. The molecule has 0 aliphatic carbocycles. The van der Waals surface area contributed by atoms with Gasteiger partial charge in [-0.3, -0.25) is 4.79 Å². The van der Waals surface area contributed by atoms with Crippen molar-refractivity contribution in [2.45, 2.75) is 20.0 Å². The van der Waals surface area contributed by atoms with Crippen molar-refractivity contribution < 1.29 is 23.1 Å². The molecule has 0 atom stereocenters. The Bertz CT molecular complexity index is 501. The highest BCUT2D eigenvalue weighted by atomic mass is 79.9. The zero-order valence-corrected chi connectivity index (χ0v) is 12.6. The predicted molar refractivity (Wildman–Crippen MR) is 72.3 cm³/mol. The molecule has 0 unspecified atom stereocenters.